The summed E-state index contributed by atoms with van der Waals surface area (Å²) < 4.78 is 5.43. The van der Waals surface area contributed by atoms with E-state index in [9.17, 15) is 24.9 Å². The van der Waals surface area contributed by atoms with Crippen LogP contribution in [0, 0.1) is 41.4 Å². The number of piperidine rings is 1. The van der Waals surface area contributed by atoms with Gasteiger partial charge in [-0.1, -0.05) is 18.3 Å². The highest BCUT2D eigenvalue weighted by atomic mass is 16.5. The molecule has 3 heterocycles. The molecule has 2 aliphatic heterocycles. The number of carbonyl (C=O) groups excluding carboxylic acids is 2. The van der Waals surface area contributed by atoms with Crippen LogP contribution in [0.1, 0.15) is 106 Å². The molecule has 3 fully saturated rings. The van der Waals surface area contributed by atoms with Gasteiger partial charge in [0.25, 0.3) is 0 Å². The Kier molecular flexibility index (Phi) is 12.7. The molecule has 2 aromatic rings. The van der Waals surface area contributed by atoms with Crippen molar-refractivity contribution in [2.75, 3.05) is 20.2 Å². The summed E-state index contributed by atoms with van der Waals surface area (Å²) in [6, 6.07) is 5.92. The minimum Gasteiger partial charge on any atom is -0.504 e. The van der Waals surface area contributed by atoms with Crippen LogP contribution in [0.3, 0.4) is 0 Å². The number of nitrogens with one attached hydrogen (secondary N) is 3. The SMILES string of the molecule is COc1cc2c(cc1O)[C@H](CC[C@H](O)CCC1=C(Cc3cc[nH]c3)CNC(N)=C1)C#C[C@H]([C@H](O)CC[C@H]1CC[C@H]3[C@H](CN[C@@H]4CC(=O)CC[C@H]34)C1)C(=O)CC2. The average molecular weight is 753 g/mol. The molecule has 5 aliphatic rings. The number of ketones is 2. The first-order valence-electron chi connectivity index (χ1n) is 20.7. The number of phenolic OH excluding ortho intramolecular Hbond substituents is 1. The molecule has 0 radical (unpaired) electrons. The van der Waals surface area contributed by atoms with Crippen LogP contribution in [0.5, 0.6) is 11.5 Å². The van der Waals surface area contributed by atoms with Gasteiger partial charge in [0.15, 0.2) is 17.3 Å². The van der Waals surface area contributed by atoms with Crippen molar-refractivity contribution in [3.8, 4) is 23.3 Å². The highest BCUT2D eigenvalue weighted by Crippen LogP contribution is 2.46. The molecule has 296 valence electrons. The third-order valence-electron chi connectivity index (χ3n) is 13.4. The maximum atomic E-state index is 13.7. The van der Waals surface area contributed by atoms with Crippen molar-refractivity contribution < 1.29 is 29.6 Å². The Morgan fingerprint density at radius 2 is 1.89 bits per heavy atom. The summed E-state index contributed by atoms with van der Waals surface area (Å²) in [5.74, 6) is 9.22. The van der Waals surface area contributed by atoms with Gasteiger partial charge in [-0.2, -0.15) is 0 Å². The van der Waals surface area contributed by atoms with Gasteiger partial charge in [-0.15, -0.1) is 0 Å². The molecule has 0 spiro atoms. The monoisotopic (exact) mass is 752 g/mol. The fraction of sp³-hybridized carbons (Fsp3) is 0.600. The maximum Gasteiger partial charge on any atom is 0.160 e. The number of Topliss-reactive ketones (excluding diaryl/α,β-unsaturated/α-hetero) is 2. The number of aryl methyl sites for hydroxylation is 1. The summed E-state index contributed by atoms with van der Waals surface area (Å²) in [5.41, 5.74) is 11.5. The Hall–Kier alpha value is -4.04. The number of hydrogen-bond acceptors (Lipinski definition) is 9. The number of dihydropyridines is 1. The summed E-state index contributed by atoms with van der Waals surface area (Å²) >= 11 is 0. The van der Waals surface area contributed by atoms with E-state index in [-0.39, 0.29) is 23.9 Å². The quantitative estimate of drug-likeness (QED) is 0.134. The van der Waals surface area contributed by atoms with Gasteiger partial charge in [0.1, 0.15) is 11.7 Å². The number of ether oxygens (including phenoxy) is 1. The molecule has 0 amide bonds. The van der Waals surface area contributed by atoms with Gasteiger partial charge in [0.05, 0.1) is 25.1 Å². The second-order valence-corrected chi connectivity index (χ2v) is 17.0. The number of aliphatic hydroxyl groups excluding tert-OH is 2. The van der Waals surface area contributed by atoms with Crippen molar-refractivity contribution >= 4 is 11.6 Å². The number of phenols is 1. The molecule has 2 saturated carbocycles. The van der Waals surface area contributed by atoms with Gasteiger partial charge in [0.2, 0.25) is 0 Å². The zero-order valence-corrected chi connectivity index (χ0v) is 32.3. The van der Waals surface area contributed by atoms with Gasteiger partial charge < -0.3 is 41.4 Å². The number of benzene rings is 1. The third kappa shape index (κ3) is 9.50. The van der Waals surface area contributed by atoms with E-state index in [0.29, 0.717) is 98.6 Å². The van der Waals surface area contributed by atoms with E-state index in [4.69, 9.17) is 10.5 Å². The number of hydrogen-bond donors (Lipinski definition) is 7. The largest absolute Gasteiger partial charge is 0.504 e. The van der Waals surface area contributed by atoms with Gasteiger partial charge in [0, 0.05) is 50.2 Å². The zero-order valence-electron chi connectivity index (χ0n) is 32.3. The third-order valence-corrected chi connectivity index (χ3v) is 13.4. The van der Waals surface area contributed by atoms with Crippen molar-refractivity contribution in [1.82, 2.24) is 15.6 Å². The molecule has 1 saturated heterocycles. The Labute approximate surface area is 325 Å². The van der Waals surface area contributed by atoms with E-state index in [1.165, 1.54) is 24.7 Å². The summed E-state index contributed by atoms with van der Waals surface area (Å²) in [6.07, 6.45) is 15.5. The number of rotatable bonds is 13. The Morgan fingerprint density at radius 1 is 1.02 bits per heavy atom. The number of aromatic hydroxyl groups is 1. The molecule has 10 heteroatoms. The summed E-state index contributed by atoms with van der Waals surface area (Å²) in [5, 5.41) is 40.6. The Morgan fingerprint density at radius 3 is 2.71 bits per heavy atom. The number of aromatic nitrogens is 1. The molecule has 55 heavy (non-hydrogen) atoms. The van der Waals surface area contributed by atoms with Crippen LogP contribution in [0.15, 0.2) is 53.6 Å². The van der Waals surface area contributed by atoms with Crippen molar-refractivity contribution in [1.29, 1.82) is 0 Å². The van der Waals surface area contributed by atoms with Crippen LogP contribution in [-0.4, -0.2) is 70.3 Å². The van der Waals surface area contributed by atoms with Crippen LogP contribution in [0.2, 0.25) is 0 Å². The number of aliphatic hydroxyl groups is 2. The van der Waals surface area contributed by atoms with Crippen LogP contribution >= 0.6 is 0 Å². The van der Waals surface area contributed by atoms with Gasteiger partial charge in [-0.3, -0.25) is 9.59 Å². The van der Waals surface area contributed by atoms with E-state index >= 15 is 0 Å². The summed E-state index contributed by atoms with van der Waals surface area (Å²) in [6.45, 7) is 1.65. The van der Waals surface area contributed by atoms with E-state index < -0.39 is 18.1 Å². The number of carbonyl (C=O) groups is 2. The van der Waals surface area contributed by atoms with Crippen molar-refractivity contribution in [3.63, 3.8) is 0 Å². The zero-order chi connectivity index (χ0) is 38.5. The fourth-order valence-corrected chi connectivity index (χ4v) is 10.3. The normalized spacial score (nSPS) is 29.1. The molecule has 0 bridgehead atoms. The van der Waals surface area contributed by atoms with Crippen molar-refractivity contribution in [3.05, 3.63) is 70.3 Å². The highest BCUT2D eigenvalue weighted by Gasteiger charge is 2.44. The minimum absolute atomic E-state index is 0.0170. The highest BCUT2D eigenvalue weighted by molar-refractivity contribution is 5.85. The van der Waals surface area contributed by atoms with Crippen LogP contribution in [-0.2, 0) is 22.4 Å². The molecule has 8 N–H and O–H groups in total. The second-order valence-electron chi connectivity index (χ2n) is 17.0. The molecule has 10 nitrogen and oxygen atoms in total. The molecule has 1 aromatic heterocycles. The number of nitrogens with two attached hydrogens (primary N) is 1. The first kappa shape index (κ1) is 39.2. The molecule has 0 unspecified atom stereocenters. The molecular weight excluding hydrogens is 693 g/mol. The van der Waals surface area contributed by atoms with Crippen LogP contribution in [0.4, 0.5) is 0 Å². The van der Waals surface area contributed by atoms with E-state index in [2.05, 4.69) is 33.5 Å². The van der Waals surface area contributed by atoms with Crippen LogP contribution < -0.4 is 21.1 Å². The first-order chi connectivity index (χ1) is 26.6. The van der Waals surface area contributed by atoms with E-state index in [0.717, 1.165) is 61.8 Å². The van der Waals surface area contributed by atoms with E-state index in [1.54, 1.807) is 12.1 Å². The standard InChI is InChI=1S/C45H60N4O6/c1-55-44-20-31-7-15-42(53)38(41(52)14-3-27-2-11-36-33(18-27)26-48-40-22-35(51)10-13-37(36)40)12-6-29(39(31)23-43(44)54)4-8-34(50)9-5-30-21-45(46)49-25-32(30)19-28-16-17-47-24-28/h16-17,20-21,23-24,27,29,33-34,36-38,40-41,47-50,52,54H,2-5,7-11,13-15,18-19,22,25-26,46H2,1H3/t27-,29-,33+,34+,36+,37-,38-,40-,41-/m1/s1. The predicted octanol–water partition coefficient (Wildman–Crippen LogP) is 5.33. The number of H-pyrrole nitrogens is 1. The lowest BCUT2D eigenvalue weighted by Gasteiger charge is -2.49. The molecule has 1 aromatic carbocycles. The van der Waals surface area contributed by atoms with Crippen molar-refractivity contribution in [2.24, 2.45) is 35.3 Å². The summed E-state index contributed by atoms with van der Waals surface area (Å²) in [7, 11) is 1.51. The topological polar surface area (TPSA) is 170 Å². The molecular formula is C45H60N4O6. The number of allylic oxidation sites excluding steroid dienone is 2. The predicted molar refractivity (Wildman–Crippen MR) is 212 cm³/mol. The van der Waals surface area contributed by atoms with E-state index in [1.807, 2.05) is 18.5 Å². The molecule has 3 aliphatic carbocycles. The minimum atomic E-state index is -0.856. The second kappa shape index (κ2) is 17.8. The lowest BCUT2D eigenvalue weighted by molar-refractivity contribution is -0.124. The van der Waals surface area contributed by atoms with Crippen molar-refractivity contribution in [2.45, 2.75) is 120 Å². The first-order valence-corrected chi connectivity index (χ1v) is 20.7. The maximum absolute atomic E-state index is 13.7. The number of aromatic amines is 1. The Balaban J connectivity index is 1.00. The number of methoxy groups -OCH3 is 1. The average Bonchev–Trinajstić information content (AvgIpc) is 3.71. The van der Waals surface area contributed by atoms with Gasteiger partial charge in [-0.25, -0.2) is 0 Å². The van der Waals surface area contributed by atoms with Gasteiger partial charge in [-0.05, 0) is 153 Å². The Bertz CT molecular complexity index is 1810. The van der Waals surface area contributed by atoms with Gasteiger partial charge >= 0.3 is 0 Å². The lowest BCUT2D eigenvalue weighted by Crippen LogP contribution is -2.54. The molecule has 7 rings (SSSR count). The van der Waals surface area contributed by atoms with Crippen LogP contribution in [0.25, 0.3) is 0 Å². The lowest BCUT2D eigenvalue weighted by atomic mass is 9.61. The molecule has 9 atom stereocenters. The fourth-order valence-electron chi connectivity index (χ4n) is 10.3. The summed E-state index contributed by atoms with van der Waals surface area (Å²) in [4.78, 5) is 28.9. The number of fused-ring (bicyclic) bond motifs is 4. The smallest absolute Gasteiger partial charge is 0.160 e.